The molecule has 0 bridgehead atoms. The van der Waals surface area contributed by atoms with Crippen LogP contribution in [0.5, 0.6) is 0 Å². The Hall–Kier alpha value is -2.43. The molecule has 1 heterocycles. The van der Waals surface area contributed by atoms with Gasteiger partial charge in [-0.15, -0.1) is 11.3 Å². The molecule has 0 unspecified atom stereocenters. The minimum absolute atomic E-state index is 0.264. The van der Waals surface area contributed by atoms with E-state index < -0.39 is 0 Å². The summed E-state index contributed by atoms with van der Waals surface area (Å²) >= 11 is 1.45. The van der Waals surface area contributed by atoms with Crippen LogP contribution >= 0.6 is 11.3 Å². The number of nitrogens with one attached hydrogen (secondary N) is 1. The summed E-state index contributed by atoms with van der Waals surface area (Å²) in [7, 11) is 0. The van der Waals surface area contributed by atoms with Crippen molar-refractivity contribution in [3.8, 4) is 21.6 Å². The van der Waals surface area contributed by atoms with E-state index in [1.807, 2.05) is 66.7 Å². The summed E-state index contributed by atoms with van der Waals surface area (Å²) in [4.78, 5) is 13.5. The van der Waals surface area contributed by atoms with Crippen LogP contribution in [0, 0.1) is 0 Å². The normalized spacial score (nSPS) is 10.3. The summed E-state index contributed by atoms with van der Waals surface area (Å²) in [6.45, 7) is 0. The number of rotatable bonds is 3. The smallest absolute Gasteiger partial charge is 0.275 e. The second kappa shape index (κ2) is 5.91. The van der Waals surface area contributed by atoms with E-state index in [1.165, 1.54) is 11.3 Å². The molecule has 2 aromatic carbocycles. The van der Waals surface area contributed by atoms with Gasteiger partial charge in [0.25, 0.3) is 5.91 Å². The Morgan fingerprint density at radius 2 is 1.48 bits per heavy atom. The molecule has 3 rings (SSSR count). The molecule has 0 fully saturated rings. The SMILES string of the molecule is NNC(=O)c1cc(-c2ccccc2)c(-c2ccccc2)s1. The molecule has 0 atom stereocenters. The van der Waals surface area contributed by atoms with Crippen LogP contribution in [0.4, 0.5) is 0 Å². The summed E-state index contributed by atoms with van der Waals surface area (Å²) in [5.74, 6) is 4.98. The molecule has 0 saturated carbocycles. The number of hydrogen-bond acceptors (Lipinski definition) is 3. The first-order valence-electron chi connectivity index (χ1n) is 6.55. The van der Waals surface area contributed by atoms with Gasteiger partial charge in [0.05, 0.1) is 4.88 Å². The lowest BCUT2D eigenvalue weighted by molar-refractivity contribution is 0.0957. The van der Waals surface area contributed by atoms with Crippen LogP contribution in [-0.2, 0) is 0 Å². The Labute approximate surface area is 127 Å². The Balaban J connectivity index is 2.18. The Bertz CT molecular complexity index is 694. The molecule has 0 aliphatic rings. The molecule has 0 saturated heterocycles. The fourth-order valence-electron chi connectivity index (χ4n) is 2.21. The minimum atomic E-state index is -0.264. The first kappa shape index (κ1) is 13.5. The number of thiophene rings is 1. The summed E-state index contributed by atoms with van der Waals surface area (Å²) in [6, 6.07) is 22.0. The maximum Gasteiger partial charge on any atom is 0.275 e. The van der Waals surface area contributed by atoms with Crippen molar-refractivity contribution in [2.45, 2.75) is 0 Å². The van der Waals surface area contributed by atoms with Crippen molar-refractivity contribution in [2.24, 2.45) is 5.84 Å². The monoisotopic (exact) mass is 294 g/mol. The number of hydrazine groups is 1. The van der Waals surface area contributed by atoms with Crippen LogP contribution in [0.3, 0.4) is 0 Å². The van der Waals surface area contributed by atoms with Gasteiger partial charge in [0, 0.05) is 10.4 Å². The number of hydrogen-bond donors (Lipinski definition) is 2. The van der Waals surface area contributed by atoms with E-state index in [-0.39, 0.29) is 5.91 Å². The van der Waals surface area contributed by atoms with Gasteiger partial charge in [-0.3, -0.25) is 10.2 Å². The molecule has 21 heavy (non-hydrogen) atoms. The average molecular weight is 294 g/mol. The van der Waals surface area contributed by atoms with Crippen LogP contribution < -0.4 is 11.3 Å². The van der Waals surface area contributed by atoms with E-state index in [4.69, 9.17) is 5.84 Å². The number of amides is 1. The van der Waals surface area contributed by atoms with Gasteiger partial charge in [0.2, 0.25) is 0 Å². The highest BCUT2D eigenvalue weighted by Crippen LogP contribution is 2.39. The molecular weight excluding hydrogens is 280 g/mol. The zero-order valence-corrected chi connectivity index (χ0v) is 12.1. The van der Waals surface area contributed by atoms with Crippen LogP contribution in [0.1, 0.15) is 9.67 Å². The maximum atomic E-state index is 11.8. The number of carbonyl (C=O) groups is 1. The van der Waals surface area contributed by atoms with Crippen LogP contribution in [-0.4, -0.2) is 5.91 Å². The molecule has 3 nitrogen and oxygen atoms in total. The summed E-state index contributed by atoms with van der Waals surface area (Å²) < 4.78 is 0. The van der Waals surface area contributed by atoms with Gasteiger partial charge in [-0.25, -0.2) is 5.84 Å². The van der Waals surface area contributed by atoms with E-state index in [9.17, 15) is 4.79 Å². The highest BCUT2D eigenvalue weighted by molar-refractivity contribution is 7.18. The predicted molar refractivity (Wildman–Crippen MR) is 86.8 cm³/mol. The minimum Gasteiger partial charge on any atom is -0.289 e. The van der Waals surface area contributed by atoms with E-state index >= 15 is 0 Å². The number of carbonyl (C=O) groups excluding carboxylic acids is 1. The lowest BCUT2D eigenvalue weighted by Gasteiger charge is -2.03. The van der Waals surface area contributed by atoms with Gasteiger partial charge < -0.3 is 0 Å². The molecule has 0 aliphatic heterocycles. The van der Waals surface area contributed by atoms with E-state index in [0.29, 0.717) is 4.88 Å². The molecule has 0 radical (unpaired) electrons. The van der Waals surface area contributed by atoms with Gasteiger partial charge in [0.15, 0.2) is 0 Å². The molecule has 104 valence electrons. The highest BCUT2D eigenvalue weighted by Gasteiger charge is 2.16. The Morgan fingerprint density at radius 1 is 0.905 bits per heavy atom. The molecule has 3 aromatic rings. The first-order valence-corrected chi connectivity index (χ1v) is 7.37. The molecule has 0 spiro atoms. The number of benzene rings is 2. The van der Waals surface area contributed by atoms with Crippen molar-refractivity contribution in [1.29, 1.82) is 0 Å². The molecule has 1 amide bonds. The van der Waals surface area contributed by atoms with Gasteiger partial charge in [-0.1, -0.05) is 60.7 Å². The Morgan fingerprint density at radius 3 is 2.05 bits per heavy atom. The van der Waals surface area contributed by atoms with Gasteiger partial charge >= 0.3 is 0 Å². The summed E-state index contributed by atoms with van der Waals surface area (Å²) in [5.41, 5.74) is 5.42. The van der Waals surface area contributed by atoms with E-state index in [1.54, 1.807) is 0 Å². The maximum absolute atomic E-state index is 11.8. The summed E-state index contributed by atoms with van der Waals surface area (Å²) in [5, 5.41) is 0. The first-order chi connectivity index (χ1) is 10.3. The zero-order valence-electron chi connectivity index (χ0n) is 11.2. The molecule has 0 aliphatic carbocycles. The molecule has 1 aromatic heterocycles. The van der Waals surface area contributed by atoms with E-state index in [2.05, 4.69) is 5.43 Å². The largest absolute Gasteiger partial charge is 0.289 e. The van der Waals surface area contributed by atoms with Crippen molar-refractivity contribution >= 4 is 17.2 Å². The van der Waals surface area contributed by atoms with Crippen LogP contribution in [0.2, 0.25) is 0 Å². The third-order valence-electron chi connectivity index (χ3n) is 3.21. The van der Waals surface area contributed by atoms with Crippen LogP contribution in [0.25, 0.3) is 21.6 Å². The average Bonchev–Trinajstić information content (AvgIpc) is 3.01. The summed E-state index contributed by atoms with van der Waals surface area (Å²) in [6.07, 6.45) is 0. The molecule has 4 heteroatoms. The fourth-order valence-corrected chi connectivity index (χ4v) is 3.30. The van der Waals surface area contributed by atoms with Gasteiger partial charge in [-0.05, 0) is 17.2 Å². The second-order valence-corrected chi connectivity index (χ2v) is 5.61. The molecular formula is C17H14N2OS. The van der Waals surface area contributed by atoms with Crippen molar-refractivity contribution in [1.82, 2.24) is 5.43 Å². The van der Waals surface area contributed by atoms with Crippen molar-refractivity contribution in [3.05, 3.63) is 71.6 Å². The van der Waals surface area contributed by atoms with E-state index in [0.717, 1.165) is 21.6 Å². The van der Waals surface area contributed by atoms with Crippen LogP contribution in [0.15, 0.2) is 66.7 Å². The van der Waals surface area contributed by atoms with Gasteiger partial charge in [0.1, 0.15) is 0 Å². The second-order valence-electron chi connectivity index (χ2n) is 4.56. The Kier molecular flexibility index (Phi) is 3.81. The fraction of sp³-hybridized carbons (Fsp3) is 0. The lowest BCUT2D eigenvalue weighted by atomic mass is 10.0. The van der Waals surface area contributed by atoms with Crippen molar-refractivity contribution < 1.29 is 4.79 Å². The quantitative estimate of drug-likeness (QED) is 0.440. The topological polar surface area (TPSA) is 55.1 Å². The molecule has 3 N–H and O–H groups in total. The number of nitrogens with two attached hydrogens (primary N) is 1. The highest BCUT2D eigenvalue weighted by atomic mass is 32.1. The van der Waals surface area contributed by atoms with Crippen molar-refractivity contribution in [2.75, 3.05) is 0 Å². The predicted octanol–water partition coefficient (Wildman–Crippen LogP) is 3.69. The van der Waals surface area contributed by atoms with Gasteiger partial charge in [-0.2, -0.15) is 0 Å². The third kappa shape index (κ3) is 2.72. The lowest BCUT2D eigenvalue weighted by Crippen LogP contribution is -2.29. The number of nitrogen functional groups attached to an aromatic ring is 1. The van der Waals surface area contributed by atoms with Crippen molar-refractivity contribution in [3.63, 3.8) is 0 Å². The zero-order chi connectivity index (χ0) is 14.7. The third-order valence-corrected chi connectivity index (χ3v) is 4.39. The standard InChI is InChI=1S/C17H14N2OS/c18-19-17(20)15-11-14(12-7-3-1-4-8-12)16(21-15)13-9-5-2-6-10-13/h1-11H,18H2,(H,19,20).